The second-order valence-corrected chi connectivity index (χ2v) is 6.78. The summed E-state index contributed by atoms with van der Waals surface area (Å²) < 4.78 is 36.3. The third kappa shape index (κ3) is 4.74. The average molecular weight is 451 g/mol. The number of benzene rings is 2. The highest BCUT2D eigenvalue weighted by Crippen LogP contribution is 2.35. The number of hydrogen-bond donors (Lipinski definition) is 0. The lowest BCUT2D eigenvalue weighted by Gasteiger charge is -2.13. The van der Waals surface area contributed by atoms with E-state index in [0.717, 1.165) is 23.4 Å². The second-order valence-electron chi connectivity index (χ2n) is 6.78. The molecule has 0 atom stereocenters. The van der Waals surface area contributed by atoms with Gasteiger partial charge in [0.2, 0.25) is 0 Å². The van der Waals surface area contributed by atoms with Crippen molar-refractivity contribution in [1.82, 2.24) is 9.97 Å². The summed E-state index contributed by atoms with van der Waals surface area (Å²) in [7, 11) is 3.04. The van der Waals surface area contributed by atoms with Crippen LogP contribution in [0.4, 0.5) is 10.1 Å². The smallest absolute Gasteiger partial charge is 0.272 e. The Kier molecular flexibility index (Phi) is 6.16. The zero-order chi connectivity index (χ0) is 23.4. The van der Waals surface area contributed by atoms with Gasteiger partial charge in [-0.15, -0.1) is 0 Å². The fourth-order valence-electron chi connectivity index (χ4n) is 3.03. The minimum atomic E-state index is -0.874. The Hall–Kier alpha value is -4.47. The Morgan fingerprint density at radius 1 is 0.970 bits per heavy atom. The van der Waals surface area contributed by atoms with Crippen molar-refractivity contribution in [3.05, 3.63) is 82.3 Å². The fourth-order valence-corrected chi connectivity index (χ4v) is 3.03. The lowest BCUT2D eigenvalue weighted by Crippen LogP contribution is -2.01. The number of ether oxygens (including phenoxy) is 4. The summed E-state index contributed by atoms with van der Waals surface area (Å²) in [6, 6.07) is 13.7. The highest BCUT2D eigenvalue weighted by Gasteiger charge is 2.17. The van der Waals surface area contributed by atoms with Crippen molar-refractivity contribution in [1.29, 1.82) is 0 Å². The zero-order valence-corrected chi connectivity index (χ0v) is 17.6. The number of nitro benzene ring substituents is 1. The molecule has 0 radical (unpaired) electrons. The number of non-ortho nitro benzene ring substituents is 1. The molecule has 2 aromatic carbocycles. The summed E-state index contributed by atoms with van der Waals surface area (Å²) in [6.45, 7) is 0.262. The third-order valence-electron chi connectivity index (χ3n) is 4.70. The lowest BCUT2D eigenvalue weighted by molar-refractivity contribution is -0.385. The molecule has 33 heavy (non-hydrogen) atoms. The summed E-state index contributed by atoms with van der Waals surface area (Å²) >= 11 is 0. The van der Waals surface area contributed by atoms with Crippen molar-refractivity contribution in [2.75, 3.05) is 14.2 Å². The molecule has 0 aliphatic heterocycles. The van der Waals surface area contributed by atoms with Crippen LogP contribution >= 0.6 is 0 Å². The maximum Gasteiger partial charge on any atom is 0.272 e. The van der Waals surface area contributed by atoms with Gasteiger partial charge in [0.1, 0.15) is 17.9 Å². The van der Waals surface area contributed by atoms with Crippen LogP contribution in [-0.4, -0.2) is 29.1 Å². The average Bonchev–Trinajstić information content (AvgIpc) is 2.83. The van der Waals surface area contributed by atoms with E-state index in [-0.39, 0.29) is 29.7 Å². The number of halogens is 1. The van der Waals surface area contributed by atoms with Crippen LogP contribution in [0.1, 0.15) is 5.56 Å². The maximum absolute atomic E-state index is 14.3. The highest BCUT2D eigenvalue weighted by molar-refractivity contribution is 5.83. The van der Waals surface area contributed by atoms with Crippen LogP contribution < -0.4 is 18.9 Å². The number of methoxy groups -OCH3 is 2. The Morgan fingerprint density at radius 3 is 2.42 bits per heavy atom. The van der Waals surface area contributed by atoms with Crippen LogP contribution in [0.25, 0.3) is 11.0 Å². The molecule has 2 heterocycles. The van der Waals surface area contributed by atoms with E-state index in [1.165, 1.54) is 25.4 Å². The van der Waals surface area contributed by atoms with Gasteiger partial charge in [-0.25, -0.2) is 9.37 Å². The SMILES string of the molecule is COc1ccc(COc2cc3nccc(Oc4ccc([N+](=O)[O-])cc4F)c3nc2OC)cc1. The normalized spacial score (nSPS) is 10.6. The first-order valence-electron chi connectivity index (χ1n) is 9.69. The molecule has 0 aliphatic rings. The number of nitrogens with zero attached hydrogens (tertiary/aromatic N) is 3. The van der Waals surface area contributed by atoms with E-state index in [0.29, 0.717) is 16.8 Å². The first-order chi connectivity index (χ1) is 16.0. The van der Waals surface area contributed by atoms with Crippen LogP contribution in [0.15, 0.2) is 60.8 Å². The van der Waals surface area contributed by atoms with Gasteiger partial charge in [-0.2, -0.15) is 0 Å². The van der Waals surface area contributed by atoms with E-state index in [1.807, 2.05) is 24.3 Å². The molecular formula is C23H18FN3O6. The zero-order valence-electron chi connectivity index (χ0n) is 17.6. The lowest BCUT2D eigenvalue weighted by atomic mass is 10.2. The predicted octanol–water partition coefficient (Wildman–Crippen LogP) is 5.07. The molecule has 10 heteroatoms. The predicted molar refractivity (Wildman–Crippen MR) is 117 cm³/mol. The van der Waals surface area contributed by atoms with Gasteiger partial charge in [0.15, 0.2) is 23.1 Å². The molecule has 4 aromatic rings. The fraction of sp³-hybridized carbons (Fsp3) is 0.130. The van der Waals surface area contributed by atoms with Gasteiger partial charge in [-0.05, 0) is 23.8 Å². The topological polar surface area (TPSA) is 106 Å². The molecule has 0 aliphatic carbocycles. The molecular weight excluding hydrogens is 433 g/mol. The van der Waals surface area contributed by atoms with Gasteiger partial charge >= 0.3 is 0 Å². The number of hydrogen-bond acceptors (Lipinski definition) is 8. The molecule has 0 N–H and O–H groups in total. The summed E-state index contributed by atoms with van der Waals surface area (Å²) in [4.78, 5) is 18.8. The number of pyridine rings is 2. The summed E-state index contributed by atoms with van der Waals surface area (Å²) in [5.41, 5.74) is 1.28. The van der Waals surface area contributed by atoms with Gasteiger partial charge in [0, 0.05) is 24.4 Å². The summed E-state index contributed by atoms with van der Waals surface area (Å²) in [5, 5.41) is 10.8. The van der Waals surface area contributed by atoms with Crippen LogP contribution in [0.3, 0.4) is 0 Å². The molecule has 168 valence electrons. The van der Waals surface area contributed by atoms with Gasteiger partial charge in [-0.1, -0.05) is 12.1 Å². The number of fused-ring (bicyclic) bond motifs is 1. The van der Waals surface area contributed by atoms with E-state index in [2.05, 4.69) is 9.97 Å². The largest absolute Gasteiger partial charge is 0.497 e. The van der Waals surface area contributed by atoms with Crippen molar-refractivity contribution in [3.63, 3.8) is 0 Å². The Labute approximate surface area is 187 Å². The van der Waals surface area contributed by atoms with Crippen molar-refractivity contribution < 1.29 is 28.3 Å². The van der Waals surface area contributed by atoms with Crippen molar-refractivity contribution in [2.24, 2.45) is 0 Å². The van der Waals surface area contributed by atoms with Gasteiger partial charge in [0.05, 0.1) is 30.7 Å². The van der Waals surface area contributed by atoms with E-state index in [1.54, 1.807) is 13.2 Å². The first kappa shape index (κ1) is 21.8. The number of nitro groups is 1. The van der Waals surface area contributed by atoms with Crippen molar-refractivity contribution in [2.45, 2.75) is 6.61 Å². The number of aromatic nitrogens is 2. The van der Waals surface area contributed by atoms with E-state index >= 15 is 0 Å². The highest BCUT2D eigenvalue weighted by atomic mass is 19.1. The van der Waals surface area contributed by atoms with Gasteiger partial charge in [0.25, 0.3) is 11.6 Å². The molecule has 2 aromatic heterocycles. The van der Waals surface area contributed by atoms with Crippen LogP contribution in [0, 0.1) is 15.9 Å². The molecule has 0 amide bonds. The molecule has 0 fully saturated rings. The van der Waals surface area contributed by atoms with Crippen molar-refractivity contribution in [3.8, 4) is 28.9 Å². The molecule has 0 saturated carbocycles. The Bertz CT molecular complexity index is 1310. The van der Waals surface area contributed by atoms with Crippen molar-refractivity contribution >= 4 is 16.7 Å². The maximum atomic E-state index is 14.3. The van der Waals surface area contributed by atoms with Crippen LogP contribution in [0.5, 0.6) is 28.9 Å². The Morgan fingerprint density at radius 2 is 1.76 bits per heavy atom. The Balaban J connectivity index is 1.62. The van der Waals surface area contributed by atoms with Gasteiger partial charge < -0.3 is 18.9 Å². The molecule has 0 unspecified atom stereocenters. The molecule has 4 rings (SSSR count). The van der Waals surface area contributed by atoms with Crippen LogP contribution in [-0.2, 0) is 6.61 Å². The summed E-state index contributed by atoms with van der Waals surface area (Å²) in [5.74, 6) is 0.442. The standard InChI is InChI=1S/C23H18FN3O6/c1-30-16-6-3-14(4-7-16)13-32-21-12-18-22(26-23(21)31-2)20(9-10-25-18)33-19-8-5-15(27(28)29)11-17(19)24/h3-12H,13H2,1-2H3. The minimum Gasteiger partial charge on any atom is -0.497 e. The first-order valence-corrected chi connectivity index (χ1v) is 9.69. The quantitative estimate of drug-likeness (QED) is 0.270. The van der Waals surface area contributed by atoms with E-state index in [9.17, 15) is 14.5 Å². The monoisotopic (exact) mass is 451 g/mol. The molecule has 0 bridgehead atoms. The molecule has 9 nitrogen and oxygen atoms in total. The second kappa shape index (κ2) is 9.35. The minimum absolute atomic E-state index is 0.186. The van der Waals surface area contributed by atoms with E-state index in [4.69, 9.17) is 18.9 Å². The molecule has 0 spiro atoms. The number of rotatable bonds is 8. The van der Waals surface area contributed by atoms with E-state index < -0.39 is 10.7 Å². The molecule has 0 saturated heterocycles. The summed E-state index contributed by atoms with van der Waals surface area (Å²) in [6.07, 6.45) is 1.47. The van der Waals surface area contributed by atoms with Gasteiger partial charge in [-0.3, -0.25) is 15.1 Å². The third-order valence-corrected chi connectivity index (χ3v) is 4.70. The van der Waals surface area contributed by atoms with Crippen LogP contribution in [0.2, 0.25) is 0 Å².